The molecule has 4 aromatic rings. The first-order valence-electron chi connectivity index (χ1n) is 17.2. The molecular weight excluding hydrogens is 728 g/mol. The van der Waals surface area contributed by atoms with E-state index in [4.69, 9.17) is 18.9 Å². The Bertz CT molecular complexity index is 1780. The van der Waals surface area contributed by atoms with Crippen molar-refractivity contribution in [1.82, 2.24) is 10.6 Å². The molecule has 0 aliphatic heterocycles. The van der Waals surface area contributed by atoms with Crippen LogP contribution in [0.25, 0.3) is 11.1 Å². The SMILES string of the molecule is CC(C)(CC(Br)c1ccccc1)C(=O)OCCCNC(=O)COc1ccc(COC(=O)CNC(=O)OCC2c3ccccc3-c3ccccc32)cc1. The topological polar surface area (TPSA) is 129 Å². The van der Waals surface area contributed by atoms with Gasteiger partial charge in [0.2, 0.25) is 0 Å². The van der Waals surface area contributed by atoms with Crippen LogP contribution in [0.2, 0.25) is 0 Å². The Kier molecular flexibility index (Phi) is 13.4. The highest BCUT2D eigenvalue weighted by molar-refractivity contribution is 9.09. The maximum Gasteiger partial charge on any atom is 0.407 e. The first-order chi connectivity index (χ1) is 25.1. The molecule has 11 heteroatoms. The van der Waals surface area contributed by atoms with Gasteiger partial charge in [0.15, 0.2) is 6.61 Å². The minimum Gasteiger partial charge on any atom is -0.484 e. The molecule has 1 aliphatic carbocycles. The van der Waals surface area contributed by atoms with Gasteiger partial charge in [-0.25, -0.2) is 4.79 Å². The van der Waals surface area contributed by atoms with Gasteiger partial charge in [-0.2, -0.15) is 0 Å². The fraction of sp³-hybridized carbons (Fsp3) is 0.317. The van der Waals surface area contributed by atoms with E-state index in [0.29, 0.717) is 30.7 Å². The molecule has 1 atom stereocenters. The summed E-state index contributed by atoms with van der Waals surface area (Å²) in [6.45, 7) is 3.88. The van der Waals surface area contributed by atoms with Gasteiger partial charge in [-0.05, 0) is 72.2 Å². The molecule has 0 saturated carbocycles. The third-order valence-corrected chi connectivity index (χ3v) is 9.55. The van der Waals surface area contributed by atoms with Gasteiger partial charge < -0.3 is 29.6 Å². The van der Waals surface area contributed by atoms with Gasteiger partial charge in [-0.15, -0.1) is 0 Å². The van der Waals surface area contributed by atoms with Crippen LogP contribution in [0.5, 0.6) is 5.75 Å². The number of amides is 2. The summed E-state index contributed by atoms with van der Waals surface area (Å²) in [6, 6.07) is 32.8. The van der Waals surface area contributed by atoms with E-state index in [0.717, 1.165) is 27.8 Å². The van der Waals surface area contributed by atoms with Gasteiger partial charge in [0, 0.05) is 17.3 Å². The van der Waals surface area contributed by atoms with E-state index in [1.165, 1.54) is 0 Å². The summed E-state index contributed by atoms with van der Waals surface area (Å²) in [5.74, 6) is -0.811. The number of alkyl halides is 1. The molecule has 0 heterocycles. The first-order valence-corrected chi connectivity index (χ1v) is 18.1. The number of rotatable bonds is 17. The molecular formula is C41H43BrN2O8. The molecule has 5 rings (SSSR count). The Morgan fingerprint density at radius 2 is 1.40 bits per heavy atom. The molecule has 0 saturated heterocycles. The van der Waals surface area contributed by atoms with Crippen molar-refractivity contribution >= 4 is 39.9 Å². The minimum absolute atomic E-state index is 0.00254. The zero-order chi connectivity index (χ0) is 36.9. The highest BCUT2D eigenvalue weighted by Gasteiger charge is 2.32. The number of alkyl carbamates (subject to hydrolysis) is 1. The van der Waals surface area contributed by atoms with Crippen LogP contribution in [-0.4, -0.2) is 56.8 Å². The number of benzene rings is 4. The van der Waals surface area contributed by atoms with E-state index < -0.39 is 17.5 Å². The van der Waals surface area contributed by atoms with Crippen LogP contribution < -0.4 is 15.4 Å². The van der Waals surface area contributed by atoms with Crippen LogP contribution in [0.15, 0.2) is 103 Å². The summed E-state index contributed by atoms with van der Waals surface area (Å²) >= 11 is 3.67. The zero-order valence-corrected chi connectivity index (χ0v) is 30.9. The Labute approximate surface area is 312 Å². The second-order valence-corrected chi connectivity index (χ2v) is 14.2. The lowest BCUT2D eigenvalue weighted by atomic mass is 9.86. The molecule has 0 aromatic heterocycles. The second-order valence-electron chi connectivity index (χ2n) is 13.1. The number of carbonyl (C=O) groups is 4. The van der Waals surface area contributed by atoms with Crippen LogP contribution in [0.4, 0.5) is 4.79 Å². The van der Waals surface area contributed by atoms with Crippen molar-refractivity contribution in [2.45, 2.75) is 44.0 Å². The average molecular weight is 772 g/mol. The maximum absolute atomic E-state index is 12.7. The van der Waals surface area contributed by atoms with Crippen LogP contribution >= 0.6 is 15.9 Å². The lowest BCUT2D eigenvalue weighted by molar-refractivity contribution is -0.154. The van der Waals surface area contributed by atoms with Crippen LogP contribution in [0.3, 0.4) is 0 Å². The predicted octanol–water partition coefficient (Wildman–Crippen LogP) is 7.25. The Morgan fingerprint density at radius 1 is 0.769 bits per heavy atom. The molecule has 2 N–H and O–H groups in total. The molecule has 10 nitrogen and oxygen atoms in total. The summed E-state index contributed by atoms with van der Waals surface area (Å²) in [5, 5.41) is 5.21. The number of halogens is 1. The van der Waals surface area contributed by atoms with E-state index in [2.05, 4.69) is 38.7 Å². The Morgan fingerprint density at radius 3 is 2.08 bits per heavy atom. The molecule has 0 spiro atoms. The molecule has 0 bridgehead atoms. The van der Waals surface area contributed by atoms with Crippen molar-refractivity contribution in [2.24, 2.45) is 5.41 Å². The zero-order valence-electron chi connectivity index (χ0n) is 29.3. The number of nitrogens with one attached hydrogen (secondary N) is 2. The molecule has 0 radical (unpaired) electrons. The summed E-state index contributed by atoms with van der Waals surface area (Å²) in [5.41, 5.74) is 5.60. The van der Waals surface area contributed by atoms with E-state index >= 15 is 0 Å². The Balaban J connectivity index is 0.917. The number of hydrogen-bond donors (Lipinski definition) is 2. The molecule has 2 amide bonds. The monoisotopic (exact) mass is 770 g/mol. The van der Waals surface area contributed by atoms with Gasteiger partial charge in [-0.1, -0.05) is 107 Å². The second kappa shape index (κ2) is 18.4. The van der Waals surface area contributed by atoms with E-state index in [9.17, 15) is 19.2 Å². The lowest BCUT2D eigenvalue weighted by Gasteiger charge is -2.25. The first kappa shape index (κ1) is 38.1. The van der Waals surface area contributed by atoms with Gasteiger partial charge in [-0.3, -0.25) is 14.4 Å². The Hall–Kier alpha value is -5.16. The highest BCUT2D eigenvalue weighted by Crippen LogP contribution is 2.44. The maximum atomic E-state index is 12.7. The largest absolute Gasteiger partial charge is 0.484 e. The van der Waals surface area contributed by atoms with Crippen LogP contribution in [0.1, 0.15) is 59.7 Å². The minimum atomic E-state index is -0.699. The van der Waals surface area contributed by atoms with Crippen molar-refractivity contribution in [3.8, 4) is 16.9 Å². The number of hydrogen-bond acceptors (Lipinski definition) is 8. The summed E-state index contributed by atoms with van der Waals surface area (Å²) in [7, 11) is 0. The van der Waals surface area contributed by atoms with Crippen LogP contribution in [-0.2, 0) is 35.2 Å². The summed E-state index contributed by atoms with van der Waals surface area (Å²) in [4.78, 5) is 49.6. The number of ether oxygens (including phenoxy) is 4. The number of fused-ring (bicyclic) bond motifs is 3. The standard InChI is InChI=1S/C41H43BrN2O8/c1-41(2,23-36(42)29-11-4-3-5-12-29)39(47)49-22-10-21-43-37(45)27-50-30-19-17-28(18-20-30)25-51-38(46)24-44-40(48)52-26-35-33-15-8-6-13-31(33)32-14-7-9-16-34(32)35/h3-9,11-20,35-36H,10,21-27H2,1-2H3,(H,43,45)(H,44,48). The van der Waals surface area contributed by atoms with Crippen molar-refractivity contribution in [2.75, 3.05) is 32.9 Å². The van der Waals surface area contributed by atoms with Crippen molar-refractivity contribution in [3.05, 3.63) is 125 Å². The number of carbonyl (C=O) groups excluding carboxylic acids is 4. The normalized spacial score (nSPS) is 12.5. The fourth-order valence-corrected chi connectivity index (χ4v) is 6.98. The molecule has 0 fully saturated rings. The molecule has 272 valence electrons. The predicted molar refractivity (Wildman–Crippen MR) is 200 cm³/mol. The molecule has 4 aromatic carbocycles. The van der Waals surface area contributed by atoms with E-state index in [1.807, 2.05) is 80.6 Å². The van der Waals surface area contributed by atoms with Gasteiger partial charge >= 0.3 is 18.0 Å². The third kappa shape index (κ3) is 10.7. The van der Waals surface area contributed by atoms with E-state index in [-0.39, 0.29) is 55.6 Å². The van der Waals surface area contributed by atoms with E-state index in [1.54, 1.807) is 24.3 Å². The smallest absolute Gasteiger partial charge is 0.407 e. The molecule has 1 aliphatic rings. The average Bonchev–Trinajstić information content (AvgIpc) is 3.48. The van der Waals surface area contributed by atoms with Gasteiger partial charge in [0.25, 0.3) is 5.91 Å². The van der Waals surface area contributed by atoms with Crippen LogP contribution in [0, 0.1) is 5.41 Å². The summed E-state index contributed by atoms with van der Waals surface area (Å²) in [6.07, 6.45) is 0.354. The quantitative estimate of drug-likeness (QED) is 0.0498. The summed E-state index contributed by atoms with van der Waals surface area (Å²) < 4.78 is 21.8. The number of esters is 2. The lowest BCUT2D eigenvalue weighted by Crippen LogP contribution is -2.32. The fourth-order valence-electron chi connectivity index (χ4n) is 5.86. The van der Waals surface area contributed by atoms with Gasteiger partial charge in [0.05, 0.1) is 12.0 Å². The third-order valence-electron chi connectivity index (χ3n) is 8.69. The molecule has 1 unspecified atom stereocenters. The van der Waals surface area contributed by atoms with Crippen molar-refractivity contribution in [3.63, 3.8) is 0 Å². The molecule has 52 heavy (non-hydrogen) atoms. The van der Waals surface area contributed by atoms with Gasteiger partial charge in [0.1, 0.15) is 25.5 Å². The highest BCUT2D eigenvalue weighted by atomic mass is 79.9. The van der Waals surface area contributed by atoms with Crippen molar-refractivity contribution < 1.29 is 38.1 Å². The van der Waals surface area contributed by atoms with Crippen molar-refractivity contribution in [1.29, 1.82) is 0 Å².